The molecule has 0 atom stereocenters. The first-order valence-electron chi connectivity index (χ1n) is 2.87. The predicted octanol–water partition coefficient (Wildman–Crippen LogP) is -0.0353. The molecular formula is C5H7N2O2S. The fourth-order valence-corrected chi connectivity index (χ4v) is 1.46. The maximum absolute atomic E-state index is 10.8. The number of carbonyl (C=O) groups is 2. The van der Waals surface area contributed by atoms with Crippen molar-refractivity contribution in [3.63, 3.8) is 0 Å². The van der Waals surface area contributed by atoms with Crippen molar-refractivity contribution in [3.05, 3.63) is 0 Å². The molecule has 1 rings (SSSR count). The Morgan fingerprint density at radius 3 is 2.70 bits per heavy atom. The van der Waals surface area contributed by atoms with E-state index in [9.17, 15) is 9.59 Å². The molecule has 5 heteroatoms. The molecule has 0 aromatic heterocycles. The maximum Gasteiger partial charge on any atom is 0.288 e. The molecule has 1 fully saturated rings. The molecule has 0 spiro atoms. The van der Waals surface area contributed by atoms with Gasteiger partial charge in [-0.1, -0.05) is 11.8 Å². The molecule has 1 aliphatic rings. The van der Waals surface area contributed by atoms with Gasteiger partial charge in [0, 0.05) is 13.1 Å². The number of rotatable bonds is 2. The van der Waals surface area contributed by atoms with Gasteiger partial charge in [-0.25, -0.2) is 0 Å². The minimum absolute atomic E-state index is 0.0953. The molecule has 0 saturated carbocycles. The number of nitrogens with one attached hydrogen (secondary N) is 1. The lowest BCUT2D eigenvalue weighted by Crippen LogP contribution is -2.31. The van der Waals surface area contributed by atoms with Crippen LogP contribution in [0.1, 0.15) is 0 Å². The summed E-state index contributed by atoms with van der Waals surface area (Å²) in [5, 5.41) is -0.211. The van der Waals surface area contributed by atoms with Crippen LogP contribution in [0.2, 0.25) is 0 Å². The fourth-order valence-electron chi connectivity index (χ4n) is 0.709. The quantitative estimate of drug-likeness (QED) is 0.568. The predicted molar refractivity (Wildman–Crippen MR) is 37.5 cm³/mol. The summed E-state index contributed by atoms with van der Waals surface area (Å²) in [7, 11) is 0. The highest BCUT2D eigenvalue weighted by Gasteiger charge is 2.28. The van der Waals surface area contributed by atoms with Crippen LogP contribution < -0.4 is 5.73 Å². The summed E-state index contributed by atoms with van der Waals surface area (Å²) in [5.74, 6) is 0.0843. The second-order valence-corrected chi connectivity index (χ2v) is 2.78. The van der Waals surface area contributed by atoms with Crippen molar-refractivity contribution < 1.29 is 9.59 Å². The SMILES string of the molecule is [NH]CCN1C(=O)CSC1=O. The van der Waals surface area contributed by atoms with Crippen molar-refractivity contribution in [2.24, 2.45) is 0 Å². The fraction of sp³-hybridized carbons (Fsp3) is 0.600. The normalized spacial score (nSPS) is 18.7. The summed E-state index contributed by atoms with van der Waals surface area (Å²) in [5.41, 5.74) is 6.79. The van der Waals surface area contributed by atoms with Crippen LogP contribution in [-0.2, 0) is 4.79 Å². The highest BCUT2D eigenvalue weighted by Crippen LogP contribution is 2.17. The Kier molecular flexibility index (Phi) is 2.29. The maximum atomic E-state index is 10.8. The zero-order valence-corrected chi connectivity index (χ0v) is 6.11. The Labute approximate surface area is 62.7 Å². The number of hydrogen-bond donors (Lipinski definition) is 0. The Bertz CT molecular complexity index is 155. The van der Waals surface area contributed by atoms with Crippen LogP contribution in [0.3, 0.4) is 0 Å². The van der Waals surface area contributed by atoms with E-state index in [0.29, 0.717) is 0 Å². The molecule has 1 N–H and O–H groups in total. The Morgan fingerprint density at radius 2 is 2.30 bits per heavy atom. The molecule has 0 aromatic rings. The number of thioether (sulfide) groups is 1. The van der Waals surface area contributed by atoms with Gasteiger partial charge in [0.1, 0.15) is 0 Å². The van der Waals surface area contributed by atoms with Gasteiger partial charge in [0.15, 0.2) is 0 Å². The minimum atomic E-state index is -0.211. The van der Waals surface area contributed by atoms with E-state index in [2.05, 4.69) is 0 Å². The van der Waals surface area contributed by atoms with Crippen LogP contribution in [0.15, 0.2) is 0 Å². The van der Waals surface area contributed by atoms with Crippen molar-refractivity contribution in [2.45, 2.75) is 0 Å². The highest BCUT2D eigenvalue weighted by atomic mass is 32.2. The first kappa shape index (κ1) is 7.56. The molecule has 0 aromatic carbocycles. The third-order valence-corrected chi connectivity index (χ3v) is 2.03. The lowest BCUT2D eigenvalue weighted by Gasteiger charge is -2.08. The van der Waals surface area contributed by atoms with Gasteiger partial charge in [-0.05, 0) is 0 Å². The van der Waals surface area contributed by atoms with E-state index >= 15 is 0 Å². The summed E-state index contributed by atoms with van der Waals surface area (Å²) in [6.45, 7) is 0.336. The molecule has 10 heavy (non-hydrogen) atoms. The summed E-state index contributed by atoms with van der Waals surface area (Å²) in [6.07, 6.45) is 0. The van der Waals surface area contributed by atoms with Crippen LogP contribution in [-0.4, -0.2) is 34.9 Å². The first-order valence-corrected chi connectivity index (χ1v) is 3.86. The minimum Gasteiger partial charge on any atom is -0.273 e. The molecule has 1 heterocycles. The molecule has 0 bridgehead atoms. The average Bonchev–Trinajstić information content (AvgIpc) is 2.20. The Morgan fingerprint density at radius 1 is 1.60 bits per heavy atom. The van der Waals surface area contributed by atoms with Crippen LogP contribution in [0.5, 0.6) is 0 Å². The number of hydrogen-bond acceptors (Lipinski definition) is 3. The standard InChI is InChI=1S/C5H7N2O2S/c6-1-2-7-4(8)3-10-5(7)9/h6H,1-3H2. The van der Waals surface area contributed by atoms with Crippen molar-refractivity contribution in [1.82, 2.24) is 10.6 Å². The van der Waals surface area contributed by atoms with Crippen LogP contribution in [0.4, 0.5) is 4.79 Å². The molecule has 1 aliphatic heterocycles. The van der Waals surface area contributed by atoms with Crippen molar-refractivity contribution in [3.8, 4) is 0 Å². The van der Waals surface area contributed by atoms with Gasteiger partial charge in [-0.15, -0.1) is 0 Å². The number of imide groups is 1. The van der Waals surface area contributed by atoms with Gasteiger partial charge in [0.25, 0.3) is 5.24 Å². The van der Waals surface area contributed by atoms with Gasteiger partial charge < -0.3 is 0 Å². The zero-order valence-electron chi connectivity index (χ0n) is 5.29. The number of carbonyl (C=O) groups excluding carboxylic acids is 2. The monoisotopic (exact) mass is 159 g/mol. The molecule has 2 amide bonds. The summed E-state index contributed by atoms with van der Waals surface area (Å²) in [4.78, 5) is 22.7. The molecule has 0 aliphatic carbocycles. The molecule has 55 valence electrons. The molecule has 1 saturated heterocycles. The summed E-state index contributed by atoms with van der Waals surface area (Å²) < 4.78 is 0. The Hall–Kier alpha value is -0.550. The second-order valence-electron chi connectivity index (χ2n) is 1.85. The third-order valence-electron chi connectivity index (χ3n) is 1.18. The average molecular weight is 159 g/mol. The van der Waals surface area contributed by atoms with Crippen LogP contribution >= 0.6 is 11.8 Å². The molecule has 4 nitrogen and oxygen atoms in total. The lowest BCUT2D eigenvalue weighted by atomic mass is 10.5. The first-order chi connectivity index (χ1) is 4.75. The van der Waals surface area contributed by atoms with Crippen molar-refractivity contribution >= 4 is 22.9 Å². The molecule has 1 radical (unpaired) electrons. The van der Waals surface area contributed by atoms with E-state index in [0.717, 1.165) is 16.7 Å². The van der Waals surface area contributed by atoms with E-state index in [4.69, 9.17) is 5.73 Å². The van der Waals surface area contributed by atoms with E-state index in [1.165, 1.54) is 0 Å². The lowest BCUT2D eigenvalue weighted by molar-refractivity contribution is -0.124. The topological polar surface area (TPSA) is 61.2 Å². The van der Waals surface area contributed by atoms with E-state index < -0.39 is 0 Å². The smallest absolute Gasteiger partial charge is 0.273 e. The van der Waals surface area contributed by atoms with E-state index in [1.54, 1.807) is 0 Å². The van der Waals surface area contributed by atoms with Gasteiger partial charge in [-0.3, -0.25) is 20.2 Å². The van der Waals surface area contributed by atoms with Crippen molar-refractivity contribution in [1.29, 1.82) is 0 Å². The largest absolute Gasteiger partial charge is 0.288 e. The molecular weight excluding hydrogens is 152 g/mol. The van der Waals surface area contributed by atoms with Crippen LogP contribution in [0, 0.1) is 0 Å². The van der Waals surface area contributed by atoms with Gasteiger partial charge in [-0.2, -0.15) is 0 Å². The zero-order chi connectivity index (χ0) is 7.56. The van der Waals surface area contributed by atoms with E-state index in [1.807, 2.05) is 0 Å². The van der Waals surface area contributed by atoms with Gasteiger partial charge in [0.05, 0.1) is 5.75 Å². The van der Waals surface area contributed by atoms with Gasteiger partial charge in [0.2, 0.25) is 5.91 Å². The highest BCUT2D eigenvalue weighted by molar-refractivity contribution is 8.14. The van der Waals surface area contributed by atoms with Crippen molar-refractivity contribution in [2.75, 3.05) is 18.8 Å². The summed E-state index contributed by atoms with van der Waals surface area (Å²) >= 11 is 1.01. The Balaban J connectivity index is 2.54. The number of amides is 2. The second kappa shape index (κ2) is 3.03. The summed E-state index contributed by atoms with van der Waals surface area (Å²) in [6, 6.07) is 0. The van der Waals surface area contributed by atoms with Crippen LogP contribution in [0.25, 0.3) is 0 Å². The third kappa shape index (κ3) is 1.30. The van der Waals surface area contributed by atoms with E-state index in [-0.39, 0.29) is 30.0 Å². The van der Waals surface area contributed by atoms with Gasteiger partial charge >= 0.3 is 0 Å². The number of nitrogens with zero attached hydrogens (tertiary/aromatic N) is 1. The molecule has 0 unspecified atom stereocenters.